The normalized spacial score (nSPS) is 25.7. The summed E-state index contributed by atoms with van der Waals surface area (Å²) in [6, 6.07) is 0. The number of ether oxygens (including phenoxy) is 1. The molecular weight excluding hydrogens is 298 g/mol. The SMILES string of the molecule is CN(C)c1nc(Cl)nc2c1ncn2[C@H]1C[C@@H](O)[C@@H](CO)O1. The fraction of sp³-hybridized carbons (Fsp3) is 0.583. The van der Waals surface area contributed by atoms with Gasteiger partial charge >= 0.3 is 0 Å². The van der Waals surface area contributed by atoms with Gasteiger partial charge in [0.1, 0.15) is 12.3 Å². The van der Waals surface area contributed by atoms with Crippen LogP contribution in [0.25, 0.3) is 11.2 Å². The number of halogens is 1. The fourth-order valence-electron chi connectivity index (χ4n) is 2.45. The molecule has 2 aromatic rings. The van der Waals surface area contributed by atoms with Crippen LogP contribution in [0.3, 0.4) is 0 Å². The lowest BCUT2D eigenvalue weighted by Gasteiger charge is -2.15. The Morgan fingerprint density at radius 1 is 1.48 bits per heavy atom. The average molecular weight is 314 g/mol. The van der Waals surface area contributed by atoms with Crippen molar-refractivity contribution in [2.45, 2.75) is 24.9 Å². The molecule has 0 amide bonds. The summed E-state index contributed by atoms with van der Waals surface area (Å²) in [5, 5.41) is 19.1. The number of aromatic nitrogens is 4. The first-order valence-electron chi connectivity index (χ1n) is 6.53. The van der Waals surface area contributed by atoms with E-state index in [1.54, 1.807) is 15.8 Å². The summed E-state index contributed by atoms with van der Waals surface area (Å²) in [6.45, 7) is -0.233. The molecule has 3 rings (SSSR count). The average Bonchev–Trinajstić information content (AvgIpc) is 3.00. The minimum absolute atomic E-state index is 0.116. The number of anilines is 1. The highest BCUT2D eigenvalue weighted by Crippen LogP contribution is 2.32. The van der Waals surface area contributed by atoms with Crippen molar-refractivity contribution in [3.63, 3.8) is 0 Å². The van der Waals surface area contributed by atoms with Crippen LogP contribution in [0.15, 0.2) is 6.33 Å². The van der Waals surface area contributed by atoms with E-state index in [1.165, 1.54) is 0 Å². The van der Waals surface area contributed by atoms with E-state index in [0.29, 0.717) is 23.4 Å². The fourth-order valence-corrected chi connectivity index (χ4v) is 2.61. The highest BCUT2D eigenvalue weighted by atomic mass is 35.5. The van der Waals surface area contributed by atoms with Crippen molar-refractivity contribution in [3.05, 3.63) is 11.6 Å². The molecule has 3 heterocycles. The van der Waals surface area contributed by atoms with Crippen LogP contribution in [0.5, 0.6) is 0 Å². The van der Waals surface area contributed by atoms with Crippen molar-refractivity contribution < 1.29 is 14.9 Å². The Morgan fingerprint density at radius 3 is 2.86 bits per heavy atom. The molecule has 0 spiro atoms. The third-order valence-electron chi connectivity index (χ3n) is 3.49. The summed E-state index contributed by atoms with van der Waals surface area (Å²) in [5.74, 6) is 0.612. The second kappa shape index (κ2) is 5.38. The van der Waals surface area contributed by atoms with Crippen molar-refractivity contribution in [1.82, 2.24) is 19.5 Å². The maximum absolute atomic E-state index is 9.84. The zero-order valence-corrected chi connectivity index (χ0v) is 12.4. The number of aliphatic hydroxyl groups is 2. The van der Waals surface area contributed by atoms with Gasteiger partial charge in [0.2, 0.25) is 5.28 Å². The van der Waals surface area contributed by atoms with Crippen molar-refractivity contribution in [3.8, 4) is 0 Å². The van der Waals surface area contributed by atoms with E-state index < -0.39 is 18.4 Å². The summed E-state index contributed by atoms with van der Waals surface area (Å²) < 4.78 is 7.32. The predicted octanol–water partition coefficient (Wildman–Crippen LogP) is 0.186. The van der Waals surface area contributed by atoms with Gasteiger partial charge in [0.05, 0.1) is 19.0 Å². The summed E-state index contributed by atoms with van der Waals surface area (Å²) in [5.41, 5.74) is 1.14. The van der Waals surface area contributed by atoms with Crippen molar-refractivity contribution in [2.24, 2.45) is 0 Å². The number of hydrogen-bond acceptors (Lipinski definition) is 7. The topological polar surface area (TPSA) is 96.5 Å². The molecule has 3 atom stereocenters. The molecule has 1 saturated heterocycles. The summed E-state index contributed by atoms with van der Waals surface area (Å²) in [7, 11) is 3.68. The maximum Gasteiger partial charge on any atom is 0.226 e. The van der Waals surface area contributed by atoms with Crippen molar-refractivity contribution in [1.29, 1.82) is 0 Å². The molecule has 1 fully saturated rings. The minimum Gasteiger partial charge on any atom is -0.394 e. The molecule has 0 saturated carbocycles. The minimum atomic E-state index is -0.719. The van der Waals surface area contributed by atoms with Gasteiger partial charge in [-0.2, -0.15) is 9.97 Å². The second-order valence-corrected chi connectivity index (χ2v) is 5.49. The Morgan fingerprint density at radius 2 is 2.24 bits per heavy atom. The molecule has 0 unspecified atom stereocenters. The predicted molar refractivity (Wildman–Crippen MR) is 76.3 cm³/mol. The van der Waals surface area contributed by atoms with Gasteiger partial charge in [0.25, 0.3) is 0 Å². The van der Waals surface area contributed by atoms with Crippen LogP contribution in [0, 0.1) is 0 Å². The smallest absolute Gasteiger partial charge is 0.226 e. The lowest BCUT2D eigenvalue weighted by atomic mass is 10.2. The Bertz CT molecular complexity index is 662. The monoisotopic (exact) mass is 313 g/mol. The maximum atomic E-state index is 9.84. The van der Waals surface area contributed by atoms with Gasteiger partial charge in [-0.1, -0.05) is 0 Å². The quantitative estimate of drug-likeness (QED) is 0.781. The molecular formula is C12H16ClN5O3. The van der Waals surface area contributed by atoms with E-state index in [2.05, 4.69) is 15.0 Å². The molecule has 0 aliphatic carbocycles. The molecule has 8 nitrogen and oxygen atoms in total. The van der Waals surface area contributed by atoms with Gasteiger partial charge < -0.3 is 19.8 Å². The first kappa shape index (κ1) is 14.5. The van der Waals surface area contributed by atoms with Gasteiger partial charge in [-0.25, -0.2) is 4.98 Å². The largest absolute Gasteiger partial charge is 0.394 e. The van der Waals surface area contributed by atoms with Crippen molar-refractivity contribution >= 4 is 28.6 Å². The lowest BCUT2D eigenvalue weighted by Crippen LogP contribution is -2.24. The second-order valence-electron chi connectivity index (χ2n) is 5.15. The van der Waals surface area contributed by atoms with E-state index in [1.807, 2.05) is 14.1 Å². The highest BCUT2D eigenvalue weighted by molar-refractivity contribution is 6.28. The molecule has 1 aliphatic rings. The molecule has 0 radical (unpaired) electrons. The molecule has 2 N–H and O–H groups in total. The highest BCUT2D eigenvalue weighted by Gasteiger charge is 2.35. The Kier molecular flexibility index (Phi) is 3.70. The first-order chi connectivity index (χ1) is 10.0. The van der Waals surface area contributed by atoms with Gasteiger partial charge in [0.15, 0.2) is 17.0 Å². The summed E-state index contributed by atoms with van der Waals surface area (Å²) in [6.07, 6.45) is 0.180. The van der Waals surface area contributed by atoms with E-state index in [0.717, 1.165) is 0 Å². The third-order valence-corrected chi connectivity index (χ3v) is 3.66. The van der Waals surface area contributed by atoms with Crippen LogP contribution in [0.2, 0.25) is 5.28 Å². The van der Waals surface area contributed by atoms with Gasteiger partial charge in [0, 0.05) is 20.5 Å². The molecule has 9 heteroatoms. The third kappa shape index (κ3) is 2.44. The number of aliphatic hydroxyl groups excluding tert-OH is 2. The van der Waals surface area contributed by atoms with Crippen LogP contribution in [0.4, 0.5) is 5.82 Å². The Labute approximate surface area is 126 Å². The number of fused-ring (bicyclic) bond motifs is 1. The number of rotatable bonds is 3. The number of hydrogen-bond donors (Lipinski definition) is 2. The molecule has 2 aromatic heterocycles. The van der Waals surface area contributed by atoms with E-state index in [-0.39, 0.29) is 11.9 Å². The summed E-state index contributed by atoms with van der Waals surface area (Å²) >= 11 is 5.97. The van der Waals surface area contributed by atoms with Crippen LogP contribution < -0.4 is 4.90 Å². The molecule has 114 valence electrons. The number of imidazole rings is 1. The molecule has 0 bridgehead atoms. The van der Waals surface area contributed by atoms with Gasteiger partial charge in [-0.05, 0) is 11.6 Å². The van der Waals surface area contributed by atoms with Crippen LogP contribution in [-0.4, -0.2) is 62.6 Å². The van der Waals surface area contributed by atoms with Crippen LogP contribution in [0.1, 0.15) is 12.6 Å². The van der Waals surface area contributed by atoms with E-state index in [4.69, 9.17) is 21.4 Å². The number of nitrogens with zero attached hydrogens (tertiary/aromatic N) is 5. The van der Waals surface area contributed by atoms with Crippen LogP contribution in [-0.2, 0) is 4.74 Å². The Hall–Kier alpha value is -1.48. The van der Waals surface area contributed by atoms with E-state index in [9.17, 15) is 5.11 Å². The molecule has 1 aliphatic heterocycles. The van der Waals surface area contributed by atoms with Crippen molar-refractivity contribution in [2.75, 3.05) is 25.6 Å². The zero-order chi connectivity index (χ0) is 15.1. The standard InChI is InChI=1S/C12H16ClN5O3/c1-17(2)10-9-11(16-12(13)15-10)18(5-14-9)8-3-6(20)7(4-19)21-8/h5-8,19-20H,3-4H2,1-2H3/t6-,7-,8-/m1/s1. The first-order valence-corrected chi connectivity index (χ1v) is 6.91. The van der Waals surface area contributed by atoms with Gasteiger partial charge in [-0.15, -0.1) is 0 Å². The summed E-state index contributed by atoms with van der Waals surface area (Å²) in [4.78, 5) is 14.5. The Balaban J connectivity index is 2.05. The molecule has 21 heavy (non-hydrogen) atoms. The molecule has 0 aromatic carbocycles. The van der Waals surface area contributed by atoms with Gasteiger partial charge in [-0.3, -0.25) is 4.57 Å². The lowest BCUT2D eigenvalue weighted by molar-refractivity contribution is -0.0432. The zero-order valence-electron chi connectivity index (χ0n) is 11.6. The van der Waals surface area contributed by atoms with Crippen LogP contribution >= 0.6 is 11.6 Å². The van der Waals surface area contributed by atoms with E-state index >= 15 is 0 Å².